The van der Waals surface area contributed by atoms with Crippen LogP contribution in [0.5, 0.6) is 0 Å². The third-order valence-electron chi connectivity index (χ3n) is 6.63. The van der Waals surface area contributed by atoms with Crippen molar-refractivity contribution in [3.05, 3.63) is 94.3 Å². The summed E-state index contributed by atoms with van der Waals surface area (Å²) in [5, 5.41) is 1.20. The Bertz CT molecular complexity index is 1330. The van der Waals surface area contributed by atoms with Crippen LogP contribution in [0, 0.1) is 25.5 Å². The molecule has 0 saturated heterocycles. The number of aromatic nitrogens is 1. The zero-order valence-electron chi connectivity index (χ0n) is 23.7. The van der Waals surface area contributed by atoms with Crippen molar-refractivity contribution in [3.63, 3.8) is 0 Å². The number of hydrogen-bond acceptors (Lipinski definition) is 1. The fraction of sp³-hybridized carbons (Fsp3) is 0.406. The second-order valence-electron chi connectivity index (χ2n) is 9.94. The molecule has 1 heterocycles. The van der Waals surface area contributed by atoms with Gasteiger partial charge < -0.3 is 4.98 Å². The maximum absolute atomic E-state index is 14.5. The van der Waals surface area contributed by atoms with Gasteiger partial charge in [-0.1, -0.05) is 64.0 Å². The van der Waals surface area contributed by atoms with Crippen LogP contribution in [0.1, 0.15) is 87.2 Å². The summed E-state index contributed by atoms with van der Waals surface area (Å²) >= 11 is 0. The van der Waals surface area contributed by atoms with E-state index in [1.807, 2.05) is 13.8 Å². The molecule has 0 amide bonds. The van der Waals surface area contributed by atoms with Crippen LogP contribution < -0.4 is 0 Å². The van der Waals surface area contributed by atoms with E-state index in [-0.39, 0.29) is 5.92 Å². The Morgan fingerprint density at radius 2 is 1.74 bits per heavy atom. The molecule has 0 aliphatic rings. The second-order valence-corrected chi connectivity index (χ2v) is 9.94. The lowest BCUT2D eigenvalue weighted by atomic mass is 9.91. The standard InChI is InChI=1S/C22H25F2N.C10H14F3N/c1-5-6-7-17-18-12-13(2)8-11-19(18)25-22(17)15(4)16-10-9-14(3)20(23)21(16)24;1-4-5-9(3)14-7-6-8(2)10(11,12)13/h8-12,15,25H,5-7H2,1-4H3;6-7H,2,4-5H2,1,3H3/b;7-6-,14-9?. The van der Waals surface area contributed by atoms with Gasteiger partial charge in [0.15, 0.2) is 11.6 Å². The van der Waals surface area contributed by atoms with Gasteiger partial charge in [0.25, 0.3) is 0 Å². The zero-order valence-corrected chi connectivity index (χ0v) is 23.7. The SMILES string of the molecule is C=C(/C=C\N=C(C)CCC)C(F)(F)F.CCCCc1c(C(C)c2ccc(C)c(F)c2F)[nH]c2ccc(C)cc12. The highest BCUT2D eigenvalue weighted by Gasteiger charge is 2.29. The van der Waals surface area contributed by atoms with Crippen molar-refractivity contribution in [2.75, 3.05) is 0 Å². The maximum atomic E-state index is 14.5. The normalized spacial score (nSPS) is 13.1. The number of benzene rings is 2. The molecule has 1 aromatic heterocycles. The molecule has 0 saturated carbocycles. The van der Waals surface area contributed by atoms with E-state index in [4.69, 9.17) is 0 Å². The smallest absolute Gasteiger partial charge is 0.358 e. The minimum absolute atomic E-state index is 0.227. The van der Waals surface area contributed by atoms with Crippen molar-refractivity contribution in [3.8, 4) is 0 Å². The quantitative estimate of drug-likeness (QED) is 0.157. The van der Waals surface area contributed by atoms with Gasteiger partial charge in [0, 0.05) is 40.0 Å². The summed E-state index contributed by atoms with van der Waals surface area (Å²) in [6.45, 7) is 14.4. The number of allylic oxidation sites excluding steroid dienone is 2. The molecule has 0 spiro atoms. The molecule has 2 aromatic carbocycles. The van der Waals surface area contributed by atoms with Gasteiger partial charge in [-0.05, 0) is 74.9 Å². The Morgan fingerprint density at radius 3 is 2.36 bits per heavy atom. The Balaban J connectivity index is 0.000000326. The minimum Gasteiger partial charge on any atom is -0.358 e. The molecular formula is C32H39F5N2. The van der Waals surface area contributed by atoms with Crippen molar-refractivity contribution in [2.45, 2.75) is 85.7 Å². The highest BCUT2D eigenvalue weighted by atomic mass is 19.4. The number of hydrogen-bond donors (Lipinski definition) is 1. The number of nitrogens with zero attached hydrogens (tertiary/aromatic N) is 1. The fourth-order valence-electron chi connectivity index (χ4n) is 4.30. The summed E-state index contributed by atoms with van der Waals surface area (Å²) in [6.07, 6.45) is 2.50. The molecule has 0 aliphatic heterocycles. The van der Waals surface area contributed by atoms with Crippen LogP contribution in [0.15, 0.2) is 59.8 Å². The van der Waals surface area contributed by atoms with E-state index in [9.17, 15) is 22.0 Å². The summed E-state index contributed by atoms with van der Waals surface area (Å²) < 4.78 is 64.3. The number of rotatable bonds is 9. The first kappa shape index (κ1) is 32.0. The molecule has 0 fully saturated rings. The second kappa shape index (κ2) is 14.2. The fourth-order valence-corrected chi connectivity index (χ4v) is 4.30. The number of halogens is 5. The number of alkyl halides is 3. The van der Waals surface area contributed by atoms with Gasteiger partial charge in [0.05, 0.1) is 0 Å². The van der Waals surface area contributed by atoms with Crippen molar-refractivity contribution < 1.29 is 22.0 Å². The maximum Gasteiger partial charge on any atom is 0.415 e. The van der Waals surface area contributed by atoms with E-state index in [0.717, 1.165) is 61.3 Å². The number of unbranched alkanes of at least 4 members (excludes halogenated alkanes) is 1. The van der Waals surface area contributed by atoms with Crippen LogP contribution in [0.4, 0.5) is 22.0 Å². The summed E-state index contributed by atoms with van der Waals surface area (Å²) in [5.41, 5.74) is 5.17. The Labute approximate surface area is 228 Å². The van der Waals surface area contributed by atoms with E-state index in [0.29, 0.717) is 11.1 Å². The zero-order chi connectivity index (χ0) is 29.3. The lowest BCUT2D eigenvalue weighted by Crippen LogP contribution is -2.08. The molecule has 1 unspecified atom stereocenters. The van der Waals surface area contributed by atoms with Crippen LogP contribution in [0.2, 0.25) is 0 Å². The lowest BCUT2D eigenvalue weighted by molar-refractivity contribution is -0.0878. The number of nitrogens with one attached hydrogen (secondary N) is 1. The van der Waals surface area contributed by atoms with E-state index in [1.54, 1.807) is 26.0 Å². The molecule has 0 aliphatic carbocycles. The van der Waals surface area contributed by atoms with E-state index in [2.05, 4.69) is 48.6 Å². The molecule has 0 radical (unpaired) electrons. The van der Waals surface area contributed by atoms with Gasteiger partial charge in [0.1, 0.15) is 0 Å². The molecular weight excluding hydrogens is 507 g/mol. The predicted octanol–water partition coefficient (Wildman–Crippen LogP) is 10.4. The van der Waals surface area contributed by atoms with E-state index >= 15 is 0 Å². The topological polar surface area (TPSA) is 28.1 Å². The first-order valence-corrected chi connectivity index (χ1v) is 13.3. The van der Waals surface area contributed by atoms with Gasteiger partial charge in [-0.15, -0.1) is 0 Å². The first-order chi connectivity index (χ1) is 18.3. The number of fused-ring (bicyclic) bond motifs is 1. The molecule has 3 aromatic rings. The summed E-state index contributed by atoms with van der Waals surface area (Å²) in [4.78, 5) is 7.31. The summed E-state index contributed by atoms with van der Waals surface area (Å²) in [6, 6.07) is 9.69. The van der Waals surface area contributed by atoms with Crippen LogP contribution in [0.3, 0.4) is 0 Å². The van der Waals surface area contributed by atoms with Crippen LogP contribution in [0.25, 0.3) is 10.9 Å². The van der Waals surface area contributed by atoms with Crippen LogP contribution >= 0.6 is 0 Å². The average molecular weight is 547 g/mol. The van der Waals surface area contributed by atoms with Gasteiger partial charge in [-0.2, -0.15) is 13.2 Å². The molecule has 2 nitrogen and oxygen atoms in total. The number of H-pyrrole nitrogens is 1. The third kappa shape index (κ3) is 8.64. The summed E-state index contributed by atoms with van der Waals surface area (Å²) in [7, 11) is 0. The molecule has 39 heavy (non-hydrogen) atoms. The molecule has 0 bridgehead atoms. The van der Waals surface area contributed by atoms with Gasteiger partial charge in [0.2, 0.25) is 0 Å². The molecule has 1 atom stereocenters. The lowest BCUT2D eigenvalue weighted by Gasteiger charge is -2.15. The van der Waals surface area contributed by atoms with Crippen molar-refractivity contribution in [1.29, 1.82) is 0 Å². The Hall–Kier alpha value is -3.22. The molecule has 3 rings (SSSR count). The number of aromatic amines is 1. The van der Waals surface area contributed by atoms with E-state index < -0.39 is 23.4 Å². The van der Waals surface area contributed by atoms with Gasteiger partial charge in [-0.3, -0.25) is 4.99 Å². The third-order valence-corrected chi connectivity index (χ3v) is 6.63. The molecule has 1 N–H and O–H groups in total. The van der Waals surface area contributed by atoms with Crippen LogP contribution in [-0.4, -0.2) is 16.9 Å². The van der Waals surface area contributed by atoms with Gasteiger partial charge in [-0.25, -0.2) is 8.78 Å². The largest absolute Gasteiger partial charge is 0.415 e. The first-order valence-electron chi connectivity index (χ1n) is 13.3. The summed E-state index contributed by atoms with van der Waals surface area (Å²) in [5.74, 6) is -1.70. The predicted molar refractivity (Wildman–Crippen MR) is 153 cm³/mol. The van der Waals surface area contributed by atoms with Crippen molar-refractivity contribution in [1.82, 2.24) is 4.98 Å². The Kier molecular flexibility index (Phi) is 11.7. The van der Waals surface area contributed by atoms with Gasteiger partial charge >= 0.3 is 6.18 Å². The highest BCUT2D eigenvalue weighted by molar-refractivity contribution is 5.86. The van der Waals surface area contributed by atoms with Crippen molar-refractivity contribution >= 4 is 16.6 Å². The van der Waals surface area contributed by atoms with Crippen LogP contribution in [-0.2, 0) is 6.42 Å². The molecule has 212 valence electrons. The number of aryl methyl sites for hydroxylation is 3. The average Bonchev–Trinajstić information content (AvgIpc) is 3.23. The van der Waals surface area contributed by atoms with E-state index in [1.165, 1.54) is 16.5 Å². The molecule has 7 heteroatoms. The monoisotopic (exact) mass is 546 g/mol. The highest BCUT2D eigenvalue weighted by Crippen LogP contribution is 2.35. The van der Waals surface area contributed by atoms with Crippen molar-refractivity contribution in [2.24, 2.45) is 4.99 Å². The number of aliphatic imine (C=N–C) groups is 1. The minimum atomic E-state index is -4.36. The Morgan fingerprint density at radius 1 is 1.05 bits per heavy atom.